The molecule has 0 aromatic heterocycles. The highest BCUT2D eigenvalue weighted by Crippen LogP contribution is 2.10. The zero-order valence-corrected chi connectivity index (χ0v) is 7.11. The van der Waals surface area contributed by atoms with Gasteiger partial charge >= 0.3 is 0 Å². The average molecular weight is 151 g/mol. The molecule has 0 rings (SSSR count). The maximum atomic E-state index is 5.77. The van der Waals surface area contributed by atoms with Gasteiger partial charge in [0.2, 0.25) is 0 Å². The second kappa shape index (κ2) is 5.07. The molecule has 0 fully saturated rings. The molecular weight excluding hydrogens is 136 g/mol. The molecule has 0 aliphatic heterocycles. The molecule has 0 aliphatic rings. The van der Waals surface area contributed by atoms with Crippen LogP contribution in [0.5, 0.6) is 0 Å². The van der Waals surface area contributed by atoms with Crippen LogP contribution in [0.15, 0.2) is 0 Å². The molecule has 1 unspecified atom stereocenters. The van der Waals surface area contributed by atoms with Crippen LogP contribution in [0, 0.1) is 5.92 Å². The molecule has 0 aromatic rings. The molecule has 1 atom stereocenters. The number of hydrogen-bond acceptors (Lipinski definition) is 1. The Bertz CT molecular complexity index is 63.9. The molecule has 0 amide bonds. The van der Waals surface area contributed by atoms with Crippen molar-refractivity contribution in [3.8, 4) is 0 Å². The highest BCUT2D eigenvalue weighted by molar-refractivity contribution is 6.19. The van der Waals surface area contributed by atoms with E-state index in [1.807, 2.05) is 13.8 Å². The molecule has 0 N–H and O–H groups in total. The van der Waals surface area contributed by atoms with E-state index in [-0.39, 0.29) is 5.56 Å². The average Bonchev–Trinajstić information content (AvgIpc) is 1.82. The summed E-state index contributed by atoms with van der Waals surface area (Å²) in [5, 5.41) is 0. The van der Waals surface area contributed by atoms with Gasteiger partial charge in [0.05, 0.1) is 0 Å². The zero-order chi connectivity index (χ0) is 7.28. The first-order valence-corrected chi connectivity index (χ1v) is 3.87. The molecule has 1 nitrogen and oxygen atoms in total. The Morgan fingerprint density at radius 1 is 1.44 bits per heavy atom. The zero-order valence-electron chi connectivity index (χ0n) is 6.36. The van der Waals surface area contributed by atoms with Gasteiger partial charge in [0.15, 0.2) is 0 Å². The van der Waals surface area contributed by atoms with Crippen molar-refractivity contribution in [1.29, 1.82) is 0 Å². The highest BCUT2D eigenvalue weighted by Gasteiger charge is 2.07. The molecular formula is C7H15ClO. The van der Waals surface area contributed by atoms with Crippen molar-refractivity contribution in [2.45, 2.75) is 32.8 Å². The van der Waals surface area contributed by atoms with Gasteiger partial charge < -0.3 is 4.74 Å². The summed E-state index contributed by atoms with van der Waals surface area (Å²) in [6.45, 7) is 6.94. The molecule has 0 heterocycles. The number of halogens is 1. The van der Waals surface area contributed by atoms with Crippen molar-refractivity contribution in [3.63, 3.8) is 0 Å². The second-order valence-electron chi connectivity index (χ2n) is 2.47. The second-order valence-corrected chi connectivity index (χ2v) is 2.90. The molecule has 2 heteroatoms. The molecule has 56 valence electrons. The lowest BCUT2D eigenvalue weighted by molar-refractivity contribution is 0.0789. The van der Waals surface area contributed by atoms with E-state index >= 15 is 0 Å². The van der Waals surface area contributed by atoms with E-state index in [0.29, 0.717) is 5.92 Å². The lowest BCUT2D eigenvalue weighted by Gasteiger charge is -2.12. The summed E-state index contributed by atoms with van der Waals surface area (Å²) in [4.78, 5) is 0. The standard InChI is InChI=1S/C7H15ClO/c1-4-5-9-7(8)6(2)3/h6-7H,4-5H2,1-3H3. The fraction of sp³-hybridized carbons (Fsp3) is 1.00. The van der Waals surface area contributed by atoms with Crippen molar-refractivity contribution in [2.24, 2.45) is 5.92 Å². The Morgan fingerprint density at radius 2 is 2.00 bits per heavy atom. The van der Waals surface area contributed by atoms with Crippen molar-refractivity contribution >= 4 is 11.6 Å². The highest BCUT2D eigenvalue weighted by atomic mass is 35.5. The summed E-state index contributed by atoms with van der Waals surface area (Å²) in [7, 11) is 0. The van der Waals surface area contributed by atoms with E-state index in [1.165, 1.54) is 0 Å². The predicted octanol–water partition coefficient (Wildman–Crippen LogP) is 2.63. The van der Waals surface area contributed by atoms with Crippen LogP contribution in [0.25, 0.3) is 0 Å². The van der Waals surface area contributed by atoms with Gasteiger partial charge in [-0.1, -0.05) is 32.4 Å². The third kappa shape index (κ3) is 4.73. The normalized spacial score (nSPS) is 14.3. The van der Waals surface area contributed by atoms with Crippen LogP contribution in [-0.4, -0.2) is 12.2 Å². The number of ether oxygens (including phenoxy) is 1. The van der Waals surface area contributed by atoms with Crippen LogP contribution in [0.4, 0.5) is 0 Å². The summed E-state index contributed by atoms with van der Waals surface area (Å²) >= 11 is 5.77. The van der Waals surface area contributed by atoms with Crippen LogP contribution in [0.3, 0.4) is 0 Å². The lowest BCUT2D eigenvalue weighted by atomic mass is 10.2. The maximum absolute atomic E-state index is 5.77. The first kappa shape index (κ1) is 9.25. The first-order chi connectivity index (χ1) is 4.18. The summed E-state index contributed by atoms with van der Waals surface area (Å²) in [5.41, 5.74) is -0.107. The van der Waals surface area contributed by atoms with Gasteiger partial charge in [0.25, 0.3) is 0 Å². The molecule has 0 spiro atoms. The van der Waals surface area contributed by atoms with Crippen LogP contribution in [-0.2, 0) is 4.74 Å². The number of rotatable bonds is 4. The summed E-state index contributed by atoms with van der Waals surface area (Å²) in [6.07, 6.45) is 1.04. The summed E-state index contributed by atoms with van der Waals surface area (Å²) < 4.78 is 5.22. The molecule has 0 aromatic carbocycles. The maximum Gasteiger partial charge on any atom is 0.133 e. The fourth-order valence-electron chi connectivity index (χ4n) is 0.423. The van der Waals surface area contributed by atoms with E-state index in [2.05, 4.69) is 6.92 Å². The van der Waals surface area contributed by atoms with Crippen molar-refractivity contribution < 1.29 is 4.74 Å². The SMILES string of the molecule is CCCOC(Cl)C(C)C. The van der Waals surface area contributed by atoms with Crippen LogP contribution in [0.2, 0.25) is 0 Å². The third-order valence-corrected chi connectivity index (χ3v) is 1.64. The fourth-order valence-corrected chi connectivity index (χ4v) is 0.512. The van der Waals surface area contributed by atoms with Gasteiger partial charge in [-0.15, -0.1) is 0 Å². The smallest absolute Gasteiger partial charge is 0.133 e. The molecule has 9 heavy (non-hydrogen) atoms. The van der Waals surface area contributed by atoms with Gasteiger partial charge in [-0.05, 0) is 12.3 Å². The largest absolute Gasteiger partial charge is 0.362 e. The summed E-state index contributed by atoms with van der Waals surface area (Å²) in [6, 6.07) is 0. The van der Waals surface area contributed by atoms with Crippen molar-refractivity contribution in [2.75, 3.05) is 6.61 Å². The van der Waals surface area contributed by atoms with Crippen molar-refractivity contribution in [3.05, 3.63) is 0 Å². The molecule has 0 radical (unpaired) electrons. The minimum atomic E-state index is -0.107. The third-order valence-electron chi connectivity index (χ3n) is 1.01. The van der Waals surface area contributed by atoms with E-state index in [9.17, 15) is 0 Å². The van der Waals surface area contributed by atoms with E-state index in [1.54, 1.807) is 0 Å². The van der Waals surface area contributed by atoms with Gasteiger partial charge in [-0.2, -0.15) is 0 Å². The minimum Gasteiger partial charge on any atom is -0.362 e. The predicted molar refractivity (Wildman–Crippen MR) is 40.7 cm³/mol. The van der Waals surface area contributed by atoms with Crippen LogP contribution in [0.1, 0.15) is 27.2 Å². The minimum absolute atomic E-state index is 0.107. The number of alkyl halides is 1. The molecule has 0 saturated heterocycles. The number of hydrogen-bond donors (Lipinski definition) is 0. The van der Waals surface area contributed by atoms with Gasteiger partial charge in [-0.3, -0.25) is 0 Å². The van der Waals surface area contributed by atoms with E-state index < -0.39 is 0 Å². The van der Waals surface area contributed by atoms with Gasteiger partial charge in [-0.25, -0.2) is 0 Å². The lowest BCUT2D eigenvalue weighted by Crippen LogP contribution is -2.12. The Hall–Kier alpha value is 0.250. The Kier molecular flexibility index (Phi) is 5.21. The molecule has 0 aliphatic carbocycles. The van der Waals surface area contributed by atoms with Crippen LogP contribution >= 0.6 is 11.6 Å². The molecule has 0 saturated carbocycles. The van der Waals surface area contributed by atoms with Gasteiger partial charge in [0, 0.05) is 6.61 Å². The first-order valence-electron chi connectivity index (χ1n) is 3.44. The van der Waals surface area contributed by atoms with E-state index in [0.717, 1.165) is 13.0 Å². The molecule has 0 bridgehead atoms. The Labute approximate surface area is 62.3 Å². The topological polar surface area (TPSA) is 9.23 Å². The Balaban J connectivity index is 3.16. The monoisotopic (exact) mass is 150 g/mol. The van der Waals surface area contributed by atoms with E-state index in [4.69, 9.17) is 16.3 Å². The quantitative estimate of drug-likeness (QED) is 0.560. The van der Waals surface area contributed by atoms with Crippen molar-refractivity contribution in [1.82, 2.24) is 0 Å². The van der Waals surface area contributed by atoms with Crippen LogP contribution < -0.4 is 0 Å². The van der Waals surface area contributed by atoms with Gasteiger partial charge in [0.1, 0.15) is 5.56 Å². The summed E-state index contributed by atoms with van der Waals surface area (Å²) in [5.74, 6) is 0.415. The Morgan fingerprint density at radius 3 is 2.33 bits per heavy atom.